The lowest BCUT2D eigenvalue weighted by Gasteiger charge is -2.19. The Bertz CT molecular complexity index is 407. The van der Waals surface area contributed by atoms with Crippen LogP contribution in [0, 0.1) is 0 Å². The fourth-order valence-corrected chi connectivity index (χ4v) is 2.52. The average molecular weight is 206 g/mol. The molecule has 0 aliphatic heterocycles. The summed E-state index contributed by atoms with van der Waals surface area (Å²) < 4.78 is 0. The second kappa shape index (κ2) is 3.08. The molecule has 0 radical (unpaired) electrons. The number of aryl methyl sites for hydroxylation is 1. The Balaban J connectivity index is 2.06. The van der Waals surface area contributed by atoms with Crippen molar-refractivity contribution in [3.8, 4) is 0 Å². The molecule has 1 aromatic heterocycles. The normalized spacial score (nSPS) is 24.9. The van der Waals surface area contributed by atoms with E-state index < -0.39 is 5.97 Å². The predicted molar refractivity (Wildman–Crippen MR) is 53.9 cm³/mol. The van der Waals surface area contributed by atoms with Crippen LogP contribution >= 0.6 is 0 Å². The number of fused-ring (bicyclic) bond motifs is 1. The van der Waals surface area contributed by atoms with Crippen LogP contribution in [0.15, 0.2) is 0 Å². The van der Waals surface area contributed by atoms with Crippen LogP contribution in [0.1, 0.15) is 54.5 Å². The molecular weight excluding hydrogens is 192 g/mol. The van der Waals surface area contributed by atoms with Crippen LogP contribution < -0.4 is 0 Å². The van der Waals surface area contributed by atoms with Gasteiger partial charge in [-0.25, -0.2) is 0 Å². The molecule has 1 heterocycles. The number of hydrogen-bond acceptors (Lipinski definition) is 2. The van der Waals surface area contributed by atoms with Crippen molar-refractivity contribution < 1.29 is 9.90 Å². The summed E-state index contributed by atoms with van der Waals surface area (Å²) in [5.41, 5.74) is 3.11. The molecule has 1 atom stereocenters. The number of hydrogen-bond donors (Lipinski definition) is 2. The highest BCUT2D eigenvalue weighted by atomic mass is 16.4. The number of aromatic nitrogens is 2. The van der Waals surface area contributed by atoms with E-state index in [-0.39, 0.29) is 5.92 Å². The number of carbonyl (C=O) groups is 1. The van der Waals surface area contributed by atoms with Gasteiger partial charge in [-0.05, 0) is 32.1 Å². The summed E-state index contributed by atoms with van der Waals surface area (Å²) in [5.74, 6) is -0.479. The van der Waals surface area contributed by atoms with E-state index in [0.717, 1.165) is 36.2 Å². The van der Waals surface area contributed by atoms with Crippen molar-refractivity contribution in [2.75, 3.05) is 0 Å². The molecule has 4 heteroatoms. The van der Waals surface area contributed by atoms with Crippen LogP contribution in [-0.2, 0) is 11.2 Å². The van der Waals surface area contributed by atoms with Gasteiger partial charge in [0, 0.05) is 17.2 Å². The third-order valence-electron chi connectivity index (χ3n) is 3.44. The average Bonchev–Trinajstić information content (AvgIpc) is 2.97. The van der Waals surface area contributed by atoms with Crippen molar-refractivity contribution in [3.05, 3.63) is 17.0 Å². The summed E-state index contributed by atoms with van der Waals surface area (Å²) in [6.07, 6.45) is 5.02. The molecule has 0 spiro atoms. The Morgan fingerprint density at radius 2 is 2.20 bits per heavy atom. The maximum Gasteiger partial charge on any atom is 0.311 e. The van der Waals surface area contributed by atoms with Crippen molar-refractivity contribution in [1.29, 1.82) is 0 Å². The lowest BCUT2D eigenvalue weighted by Crippen LogP contribution is -2.18. The number of nitrogens with one attached hydrogen (secondary N) is 1. The zero-order valence-electron chi connectivity index (χ0n) is 8.49. The molecule has 0 amide bonds. The molecule has 0 saturated heterocycles. The number of H-pyrrole nitrogens is 1. The predicted octanol–water partition coefficient (Wildman–Crippen LogP) is 1.79. The summed E-state index contributed by atoms with van der Waals surface area (Å²) in [6, 6.07) is 0. The minimum absolute atomic E-state index is 0.317. The maximum absolute atomic E-state index is 11.2. The Kier molecular flexibility index (Phi) is 1.84. The number of aromatic amines is 1. The standard InChI is InChI=1S/C11H14N2O2/c14-11(15)7-2-1-3-8-9(7)10(13-12-8)6-4-5-6/h6-7H,1-5H2,(H,12,13)(H,14,15). The number of nitrogens with zero attached hydrogens (tertiary/aromatic N) is 1. The quantitative estimate of drug-likeness (QED) is 0.775. The van der Waals surface area contributed by atoms with Crippen LogP contribution in [0.3, 0.4) is 0 Å². The zero-order chi connectivity index (χ0) is 10.4. The molecule has 1 unspecified atom stereocenters. The third-order valence-corrected chi connectivity index (χ3v) is 3.44. The molecule has 3 rings (SSSR count). The molecule has 2 N–H and O–H groups in total. The van der Waals surface area contributed by atoms with Crippen LogP contribution in [0.4, 0.5) is 0 Å². The van der Waals surface area contributed by atoms with E-state index in [2.05, 4.69) is 10.2 Å². The number of carboxylic acid groups (broad SMARTS) is 1. The Morgan fingerprint density at radius 3 is 2.87 bits per heavy atom. The summed E-state index contributed by atoms with van der Waals surface area (Å²) in [5, 5.41) is 16.5. The highest BCUT2D eigenvalue weighted by Gasteiger charge is 2.36. The van der Waals surface area contributed by atoms with Gasteiger partial charge in [0.2, 0.25) is 0 Å². The molecule has 15 heavy (non-hydrogen) atoms. The number of aliphatic carboxylic acids is 1. The lowest BCUT2D eigenvalue weighted by atomic mass is 9.84. The van der Waals surface area contributed by atoms with Crippen LogP contribution in [0.5, 0.6) is 0 Å². The second-order valence-electron chi connectivity index (χ2n) is 4.56. The first-order valence-corrected chi connectivity index (χ1v) is 5.57. The first-order valence-electron chi connectivity index (χ1n) is 5.57. The summed E-state index contributed by atoms with van der Waals surface area (Å²) >= 11 is 0. The molecule has 1 aromatic rings. The van der Waals surface area contributed by atoms with Gasteiger partial charge in [0.05, 0.1) is 11.6 Å². The van der Waals surface area contributed by atoms with Crippen LogP contribution in [0.2, 0.25) is 0 Å². The van der Waals surface area contributed by atoms with Crippen molar-refractivity contribution in [2.45, 2.75) is 43.9 Å². The smallest absolute Gasteiger partial charge is 0.311 e. The first kappa shape index (κ1) is 8.95. The minimum Gasteiger partial charge on any atom is -0.481 e. The molecule has 0 aromatic carbocycles. The van der Waals surface area contributed by atoms with E-state index in [9.17, 15) is 9.90 Å². The van der Waals surface area contributed by atoms with Gasteiger partial charge in [0.15, 0.2) is 0 Å². The first-order chi connectivity index (χ1) is 7.27. The van der Waals surface area contributed by atoms with Gasteiger partial charge in [-0.15, -0.1) is 0 Å². The molecule has 2 aliphatic carbocycles. The highest BCUT2D eigenvalue weighted by molar-refractivity contribution is 5.77. The van der Waals surface area contributed by atoms with Gasteiger partial charge >= 0.3 is 5.97 Å². The van der Waals surface area contributed by atoms with Crippen LogP contribution in [0.25, 0.3) is 0 Å². The summed E-state index contributed by atoms with van der Waals surface area (Å²) in [4.78, 5) is 11.2. The van der Waals surface area contributed by atoms with Crippen molar-refractivity contribution in [1.82, 2.24) is 10.2 Å². The van der Waals surface area contributed by atoms with Crippen molar-refractivity contribution >= 4 is 5.97 Å². The van der Waals surface area contributed by atoms with Gasteiger partial charge < -0.3 is 5.11 Å². The Hall–Kier alpha value is -1.32. The van der Waals surface area contributed by atoms with Gasteiger partial charge in [0.1, 0.15) is 0 Å². The van der Waals surface area contributed by atoms with Gasteiger partial charge in [0.25, 0.3) is 0 Å². The number of carboxylic acids is 1. The van der Waals surface area contributed by atoms with Crippen molar-refractivity contribution in [2.24, 2.45) is 0 Å². The van der Waals surface area contributed by atoms with E-state index in [0.29, 0.717) is 5.92 Å². The molecule has 1 saturated carbocycles. The lowest BCUT2D eigenvalue weighted by molar-refractivity contribution is -0.139. The van der Waals surface area contributed by atoms with Crippen LogP contribution in [-0.4, -0.2) is 21.3 Å². The molecule has 1 fully saturated rings. The topological polar surface area (TPSA) is 66.0 Å². The van der Waals surface area contributed by atoms with E-state index >= 15 is 0 Å². The SMILES string of the molecule is O=C(O)C1CCCc2[nH]nc(C3CC3)c21. The van der Waals surface area contributed by atoms with Crippen molar-refractivity contribution in [3.63, 3.8) is 0 Å². The fraction of sp³-hybridized carbons (Fsp3) is 0.636. The fourth-order valence-electron chi connectivity index (χ4n) is 2.52. The highest BCUT2D eigenvalue weighted by Crippen LogP contribution is 2.45. The molecular formula is C11H14N2O2. The molecule has 4 nitrogen and oxygen atoms in total. The summed E-state index contributed by atoms with van der Waals surface area (Å²) in [6.45, 7) is 0. The van der Waals surface area contributed by atoms with Gasteiger partial charge in [-0.3, -0.25) is 9.89 Å². The van der Waals surface area contributed by atoms with Gasteiger partial charge in [-0.1, -0.05) is 0 Å². The third kappa shape index (κ3) is 1.35. The molecule has 80 valence electrons. The maximum atomic E-state index is 11.2. The second-order valence-corrected chi connectivity index (χ2v) is 4.56. The van der Waals surface area contributed by atoms with E-state index in [1.165, 1.54) is 12.8 Å². The van der Waals surface area contributed by atoms with E-state index in [1.54, 1.807) is 0 Å². The summed E-state index contributed by atoms with van der Waals surface area (Å²) in [7, 11) is 0. The Labute approximate surface area is 87.7 Å². The zero-order valence-corrected chi connectivity index (χ0v) is 8.49. The monoisotopic (exact) mass is 206 g/mol. The van der Waals surface area contributed by atoms with Gasteiger partial charge in [-0.2, -0.15) is 5.10 Å². The Morgan fingerprint density at radius 1 is 1.40 bits per heavy atom. The number of rotatable bonds is 2. The molecule has 2 aliphatic rings. The van der Waals surface area contributed by atoms with E-state index in [4.69, 9.17) is 0 Å². The van der Waals surface area contributed by atoms with E-state index in [1.807, 2.05) is 0 Å². The largest absolute Gasteiger partial charge is 0.481 e. The molecule has 0 bridgehead atoms. The minimum atomic E-state index is -0.695.